The first-order valence-corrected chi connectivity index (χ1v) is 15.3. The highest BCUT2D eigenvalue weighted by atomic mass is 32.1. The Kier molecular flexibility index (Phi) is 5.40. The lowest BCUT2D eigenvalue weighted by atomic mass is 10.1. The van der Waals surface area contributed by atoms with Gasteiger partial charge in [-0.25, -0.2) is 14.8 Å². The number of nitrogens with zero attached hydrogens (tertiary/aromatic N) is 4. The minimum Gasteiger partial charge on any atom is -0.308 e. The van der Waals surface area contributed by atoms with E-state index in [0.29, 0.717) is 11.5 Å². The highest BCUT2D eigenvalue weighted by molar-refractivity contribution is 7.26. The van der Waals surface area contributed by atoms with Crippen molar-refractivity contribution < 1.29 is 0 Å². The van der Waals surface area contributed by atoms with Gasteiger partial charge in [0.15, 0.2) is 11.5 Å². The second-order valence-corrected chi connectivity index (χ2v) is 12.0. The Morgan fingerprint density at radius 1 is 0.591 bits per heavy atom. The van der Waals surface area contributed by atoms with Gasteiger partial charge in [-0.3, -0.25) is 0 Å². The van der Waals surface area contributed by atoms with Crippen LogP contribution >= 0.6 is 11.3 Å². The van der Waals surface area contributed by atoms with E-state index >= 15 is 0 Å². The standard InChI is InChI=1S/C39H22N4S/c1-40-26-19-17-24(18-20-26)36-32-13-2-5-14-33(32)41-39(42-36)25-9-8-10-27(23-25)43-34-15-6-3-11-28(34)30-21-22-31-29-12-4-7-16-35(29)44-38(31)37(30)43/h2-23H. The normalized spacial score (nSPS) is 11.6. The van der Waals surface area contributed by atoms with Crippen molar-refractivity contribution >= 4 is 69.9 Å². The summed E-state index contributed by atoms with van der Waals surface area (Å²) in [4.78, 5) is 13.7. The van der Waals surface area contributed by atoms with Gasteiger partial charge in [0.25, 0.3) is 0 Å². The molecule has 9 rings (SSSR count). The zero-order chi connectivity index (χ0) is 29.2. The van der Waals surface area contributed by atoms with Crippen LogP contribution < -0.4 is 0 Å². The van der Waals surface area contributed by atoms with Gasteiger partial charge in [-0.15, -0.1) is 11.3 Å². The Balaban J connectivity index is 1.30. The Morgan fingerprint density at radius 3 is 2.20 bits per heavy atom. The summed E-state index contributed by atoms with van der Waals surface area (Å²) >= 11 is 1.86. The number of fused-ring (bicyclic) bond motifs is 8. The molecule has 0 fully saturated rings. The number of thiophene rings is 1. The molecular weight excluding hydrogens is 557 g/mol. The molecule has 0 N–H and O–H groups in total. The van der Waals surface area contributed by atoms with E-state index in [2.05, 4.69) is 100 Å². The van der Waals surface area contributed by atoms with Crippen LogP contribution in [0.15, 0.2) is 133 Å². The molecule has 0 aliphatic carbocycles. The van der Waals surface area contributed by atoms with Crippen LogP contribution in [0, 0.1) is 6.57 Å². The average molecular weight is 579 g/mol. The van der Waals surface area contributed by atoms with Crippen molar-refractivity contribution in [1.29, 1.82) is 0 Å². The van der Waals surface area contributed by atoms with Crippen LogP contribution in [0.2, 0.25) is 0 Å². The van der Waals surface area contributed by atoms with E-state index < -0.39 is 0 Å². The van der Waals surface area contributed by atoms with Gasteiger partial charge < -0.3 is 4.57 Å². The average Bonchev–Trinajstić information content (AvgIpc) is 3.64. The monoisotopic (exact) mass is 578 g/mol. The summed E-state index contributed by atoms with van der Waals surface area (Å²) in [6, 6.07) is 46.2. The first-order chi connectivity index (χ1) is 21.8. The topological polar surface area (TPSA) is 35.1 Å². The lowest BCUT2D eigenvalue weighted by molar-refractivity contribution is 1.18. The molecule has 0 radical (unpaired) electrons. The van der Waals surface area contributed by atoms with Crippen LogP contribution in [-0.4, -0.2) is 14.5 Å². The number of rotatable bonds is 3. The van der Waals surface area contributed by atoms with Gasteiger partial charge >= 0.3 is 0 Å². The summed E-state index contributed by atoms with van der Waals surface area (Å²) in [5.41, 5.74) is 7.72. The molecule has 6 aromatic carbocycles. The van der Waals surface area contributed by atoms with Crippen molar-refractivity contribution in [1.82, 2.24) is 14.5 Å². The summed E-state index contributed by atoms with van der Waals surface area (Å²) < 4.78 is 4.98. The van der Waals surface area contributed by atoms with Crippen LogP contribution in [0.1, 0.15) is 0 Å². The Morgan fingerprint density at radius 2 is 1.34 bits per heavy atom. The minimum atomic E-state index is 0.610. The van der Waals surface area contributed by atoms with Crippen molar-refractivity contribution in [2.24, 2.45) is 0 Å². The molecule has 0 atom stereocenters. The molecule has 9 aromatic rings. The predicted octanol–water partition coefficient (Wildman–Crippen LogP) is 11.0. The van der Waals surface area contributed by atoms with Crippen molar-refractivity contribution in [3.63, 3.8) is 0 Å². The zero-order valence-electron chi connectivity index (χ0n) is 23.4. The second-order valence-electron chi connectivity index (χ2n) is 10.9. The van der Waals surface area contributed by atoms with E-state index in [1.807, 2.05) is 53.8 Å². The smallest absolute Gasteiger partial charge is 0.187 e. The van der Waals surface area contributed by atoms with E-state index in [-0.39, 0.29) is 0 Å². The fraction of sp³-hybridized carbons (Fsp3) is 0. The molecule has 204 valence electrons. The van der Waals surface area contributed by atoms with Crippen molar-refractivity contribution in [3.8, 4) is 28.3 Å². The maximum atomic E-state index is 7.35. The molecule has 0 spiro atoms. The van der Waals surface area contributed by atoms with Gasteiger partial charge in [-0.1, -0.05) is 103 Å². The Hall–Kier alpha value is -5.83. The fourth-order valence-corrected chi connectivity index (χ4v) is 7.64. The largest absolute Gasteiger partial charge is 0.308 e. The number of aromatic nitrogens is 3. The number of hydrogen-bond donors (Lipinski definition) is 0. The summed E-state index contributed by atoms with van der Waals surface area (Å²) in [6.07, 6.45) is 0. The van der Waals surface area contributed by atoms with Gasteiger partial charge in [-0.05, 0) is 35.9 Å². The van der Waals surface area contributed by atoms with Crippen LogP contribution in [-0.2, 0) is 0 Å². The third-order valence-electron chi connectivity index (χ3n) is 8.42. The molecule has 5 heteroatoms. The molecule has 4 nitrogen and oxygen atoms in total. The van der Waals surface area contributed by atoms with E-state index in [1.165, 1.54) is 42.0 Å². The Labute approximate surface area is 256 Å². The molecule has 3 aromatic heterocycles. The maximum Gasteiger partial charge on any atom is 0.187 e. The van der Waals surface area contributed by atoms with Crippen molar-refractivity contribution in [2.75, 3.05) is 0 Å². The molecule has 0 unspecified atom stereocenters. The highest BCUT2D eigenvalue weighted by Gasteiger charge is 2.18. The van der Waals surface area contributed by atoms with Crippen LogP contribution in [0.3, 0.4) is 0 Å². The quantitative estimate of drug-likeness (QED) is 0.196. The van der Waals surface area contributed by atoms with Crippen LogP contribution in [0.25, 0.3) is 86.1 Å². The molecule has 3 heterocycles. The summed E-state index contributed by atoms with van der Waals surface area (Å²) in [6.45, 7) is 7.35. The van der Waals surface area contributed by atoms with E-state index in [1.54, 1.807) is 0 Å². The van der Waals surface area contributed by atoms with Crippen LogP contribution in [0.5, 0.6) is 0 Å². The molecule has 0 amide bonds. The number of para-hydroxylation sites is 2. The molecule has 0 aliphatic heterocycles. The molecule has 0 bridgehead atoms. The van der Waals surface area contributed by atoms with Crippen LogP contribution in [0.4, 0.5) is 5.69 Å². The minimum absolute atomic E-state index is 0.610. The molecule has 0 saturated carbocycles. The predicted molar refractivity (Wildman–Crippen MR) is 184 cm³/mol. The lowest BCUT2D eigenvalue weighted by Crippen LogP contribution is -1.98. The van der Waals surface area contributed by atoms with Gasteiger partial charge in [-0.2, -0.15) is 0 Å². The van der Waals surface area contributed by atoms with Gasteiger partial charge in [0.05, 0.1) is 33.5 Å². The SMILES string of the molecule is [C-]#[N+]c1ccc(-c2nc(-c3cccc(-n4c5ccccc5c5ccc6c7ccccc7sc6c54)c3)nc3ccccc23)cc1. The summed E-state index contributed by atoms with van der Waals surface area (Å²) in [7, 11) is 0. The van der Waals surface area contributed by atoms with Crippen molar-refractivity contribution in [2.45, 2.75) is 0 Å². The third kappa shape index (κ3) is 3.69. The number of benzene rings is 6. The van der Waals surface area contributed by atoms with Gasteiger partial charge in [0, 0.05) is 42.9 Å². The van der Waals surface area contributed by atoms with Crippen molar-refractivity contribution in [3.05, 3.63) is 145 Å². The molecule has 0 aliphatic rings. The fourth-order valence-electron chi connectivity index (χ4n) is 6.40. The summed E-state index contributed by atoms with van der Waals surface area (Å²) in [5.74, 6) is 0.669. The summed E-state index contributed by atoms with van der Waals surface area (Å²) in [5, 5.41) is 6.04. The van der Waals surface area contributed by atoms with E-state index in [0.717, 1.165) is 33.4 Å². The molecule has 44 heavy (non-hydrogen) atoms. The lowest BCUT2D eigenvalue weighted by Gasteiger charge is -2.12. The second kappa shape index (κ2) is 9.60. The number of hydrogen-bond acceptors (Lipinski definition) is 3. The van der Waals surface area contributed by atoms with E-state index in [9.17, 15) is 0 Å². The molecule has 0 saturated heterocycles. The Bertz CT molecular complexity index is 2620. The van der Waals surface area contributed by atoms with E-state index in [4.69, 9.17) is 16.5 Å². The zero-order valence-corrected chi connectivity index (χ0v) is 24.2. The first kappa shape index (κ1) is 24.7. The highest BCUT2D eigenvalue weighted by Crippen LogP contribution is 2.43. The first-order valence-electron chi connectivity index (χ1n) is 14.5. The molecular formula is C39H22N4S. The van der Waals surface area contributed by atoms with Gasteiger partial charge in [0.2, 0.25) is 0 Å². The van der Waals surface area contributed by atoms with Gasteiger partial charge in [0.1, 0.15) is 0 Å². The third-order valence-corrected chi connectivity index (χ3v) is 9.61. The maximum absolute atomic E-state index is 7.35.